The first-order valence-electron chi connectivity index (χ1n) is 7.45. The van der Waals surface area contributed by atoms with Crippen molar-refractivity contribution in [2.75, 3.05) is 27.2 Å². The first kappa shape index (κ1) is 17.9. The summed E-state index contributed by atoms with van der Waals surface area (Å²) in [5, 5.41) is 1.12. The van der Waals surface area contributed by atoms with Gasteiger partial charge in [-0.25, -0.2) is 0 Å². The number of hydrogen-bond donors (Lipinski definition) is 0. The average Bonchev–Trinajstić information content (AvgIpc) is 2.50. The van der Waals surface area contributed by atoms with Crippen LogP contribution < -0.4 is 0 Å². The van der Waals surface area contributed by atoms with E-state index in [2.05, 4.69) is 19.0 Å². The fourth-order valence-electron chi connectivity index (χ4n) is 2.67. The highest BCUT2D eigenvalue weighted by atomic mass is 35.5. The normalized spacial score (nSPS) is 17.8. The molecule has 0 spiro atoms. The Bertz CT molecular complexity index is 531. The summed E-state index contributed by atoms with van der Waals surface area (Å²) in [6.45, 7) is 3.59. The lowest BCUT2D eigenvalue weighted by Gasteiger charge is -2.36. The molecule has 1 unspecified atom stereocenters. The van der Waals surface area contributed by atoms with E-state index in [0.29, 0.717) is 16.1 Å². The Morgan fingerprint density at radius 2 is 1.95 bits per heavy atom. The van der Waals surface area contributed by atoms with E-state index in [1.165, 1.54) is 11.8 Å². The van der Waals surface area contributed by atoms with Gasteiger partial charge in [0.05, 0.1) is 10.3 Å². The lowest BCUT2D eigenvalue weighted by atomic mass is 10.0. The fraction of sp³-hybridized carbons (Fsp3) is 0.562. The molecule has 0 aliphatic carbocycles. The highest BCUT2D eigenvalue weighted by Crippen LogP contribution is 2.33. The number of carbonyl (C=O) groups excluding carboxylic acids is 1. The molecule has 1 aliphatic heterocycles. The molecule has 1 saturated heterocycles. The van der Waals surface area contributed by atoms with E-state index < -0.39 is 0 Å². The Hall–Kier alpha value is -0.420. The summed E-state index contributed by atoms with van der Waals surface area (Å²) in [6, 6.07) is 5.92. The van der Waals surface area contributed by atoms with Gasteiger partial charge in [-0.1, -0.05) is 23.2 Å². The maximum Gasteiger partial charge on any atom is 0.235 e. The predicted octanol–water partition coefficient (Wildman–Crippen LogP) is 4.03. The minimum atomic E-state index is -0.160. The SMILES string of the molecule is CC(Sc1cc(Cl)ccc1Cl)C(=O)N1CCC(N(C)C)CC1. The zero-order valence-corrected chi connectivity index (χ0v) is 15.5. The summed E-state index contributed by atoms with van der Waals surface area (Å²) < 4.78 is 0. The van der Waals surface area contributed by atoms with E-state index in [9.17, 15) is 4.79 Å². The molecule has 0 saturated carbocycles. The van der Waals surface area contributed by atoms with Gasteiger partial charge < -0.3 is 9.80 Å². The monoisotopic (exact) mass is 360 g/mol. The van der Waals surface area contributed by atoms with E-state index >= 15 is 0 Å². The molecule has 0 N–H and O–H groups in total. The number of likely N-dealkylation sites (tertiary alicyclic amines) is 1. The summed E-state index contributed by atoms with van der Waals surface area (Å²) in [5.41, 5.74) is 0. The Labute approximate surface area is 146 Å². The van der Waals surface area contributed by atoms with E-state index in [1.54, 1.807) is 12.1 Å². The second kappa shape index (κ2) is 7.91. The molecule has 1 aromatic carbocycles. The molecule has 1 atom stereocenters. The van der Waals surface area contributed by atoms with Gasteiger partial charge in [0.1, 0.15) is 0 Å². The molecule has 3 nitrogen and oxygen atoms in total. The zero-order chi connectivity index (χ0) is 16.3. The molecular weight excluding hydrogens is 339 g/mol. The maximum absolute atomic E-state index is 12.6. The average molecular weight is 361 g/mol. The highest BCUT2D eigenvalue weighted by molar-refractivity contribution is 8.00. The van der Waals surface area contributed by atoms with Gasteiger partial charge in [0, 0.05) is 29.0 Å². The van der Waals surface area contributed by atoms with Crippen molar-refractivity contribution in [1.82, 2.24) is 9.80 Å². The Morgan fingerprint density at radius 3 is 2.55 bits per heavy atom. The summed E-state index contributed by atoms with van der Waals surface area (Å²) in [6.07, 6.45) is 2.07. The summed E-state index contributed by atoms with van der Waals surface area (Å²) in [7, 11) is 4.20. The molecule has 1 fully saturated rings. The van der Waals surface area contributed by atoms with Crippen molar-refractivity contribution in [2.45, 2.75) is 36.0 Å². The van der Waals surface area contributed by atoms with Crippen LogP contribution in [0.1, 0.15) is 19.8 Å². The quantitative estimate of drug-likeness (QED) is 0.757. The smallest absolute Gasteiger partial charge is 0.235 e. The molecule has 6 heteroatoms. The fourth-order valence-corrected chi connectivity index (χ4v) is 4.16. The van der Waals surface area contributed by atoms with Crippen LogP contribution in [-0.2, 0) is 4.79 Å². The lowest BCUT2D eigenvalue weighted by molar-refractivity contribution is -0.131. The first-order chi connectivity index (χ1) is 10.4. The summed E-state index contributed by atoms with van der Waals surface area (Å²) in [4.78, 5) is 17.7. The van der Waals surface area contributed by atoms with Crippen molar-refractivity contribution in [3.8, 4) is 0 Å². The zero-order valence-electron chi connectivity index (χ0n) is 13.2. The molecule has 1 aromatic rings. The van der Waals surface area contributed by atoms with Crippen molar-refractivity contribution in [1.29, 1.82) is 0 Å². The minimum Gasteiger partial charge on any atom is -0.342 e. The second-order valence-electron chi connectivity index (χ2n) is 5.85. The molecule has 0 aromatic heterocycles. The maximum atomic E-state index is 12.6. The number of amides is 1. The highest BCUT2D eigenvalue weighted by Gasteiger charge is 2.27. The van der Waals surface area contributed by atoms with Gasteiger partial charge >= 0.3 is 0 Å². The number of thioether (sulfide) groups is 1. The van der Waals surface area contributed by atoms with Crippen LogP contribution in [0.3, 0.4) is 0 Å². The number of rotatable bonds is 4. The van der Waals surface area contributed by atoms with Crippen LogP contribution in [0.5, 0.6) is 0 Å². The van der Waals surface area contributed by atoms with Crippen molar-refractivity contribution in [3.63, 3.8) is 0 Å². The van der Waals surface area contributed by atoms with Crippen LogP contribution in [0.2, 0.25) is 10.0 Å². The number of halogens is 2. The lowest BCUT2D eigenvalue weighted by Crippen LogP contribution is -2.46. The number of hydrogen-bond acceptors (Lipinski definition) is 3. The van der Waals surface area contributed by atoms with Crippen LogP contribution in [0.15, 0.2) is 23.1 Å². The first-order valence-corrected chi connectivity index (χ1v) is 9.09. The molecule has 122 valence electrons. The van der Waals surface area contributed by atoms with E-state index in [0.717, 1.165) is 30.8 Å². The third-order valence-corrected chi connectivity index (χ3v) is 5.87. The summed E-state index contributed by atoms with van der Waals surface area (Å²) in [5.74, 6) is 0.179. The molecule has 0 radical (unpaired) electrons. The minimum absolute atomic E-state index is 0.160. The summed E-state index contributed by atoms with van der Waals surface area (Å²) >= 11 is 13.7. The standard InChI is InChI=1S/C16H22Cl2N2OS/c1-11(22-15-10-12(17)4-5-14(15)18)16(21)20-8-6-13(7-9-20)19(2)3/h4-5,10-11,13H,6-9H2,1-3H3. The number of benzene rings is 1. The number of carbonyl (C=O) groups is 1. The number of nitrogens with zero attached hydrogens (tertiary/aromatic N) is 2. The van der Waals surface area contributed by atoms with Crippen molar-refractivity contribution < 1.29 is 4.79 Å². The third-order valence-electron chi connectivity index (χ3n) is 4.05. The van der Waals surface area contributed by atoms with Crippen LogP contribution in [0.4, 0.5) is 0 Å². The number of piperidine rings is 1. The van der Waals surface area contributed by atoms with Gasteiger partial charge in [-0.15, -0.1) is 11.8 Å². The van der Waals surface area contributed by atoms with Gasteiger partial charge in [0.2, 0.25) is 5.91 Å². The molecule has 1 amide bonds. The Kier molecular flexibility index (Phi) is 6.45. The largest absolute Gasteiger partial charge is 0.342 e. The Morgan fingerprint density at radius 1 is 1.32 bits per heavy atom. The van der Waals surface area contributed by atoms with E-state index in [1.807, 2.05) is 17.9 Å². The van der Waals surface area contributed by atoms with Gasteiger partial charge in [-0.3, -0.25) is 4.79 Å². The molecule has 1 aliphatic rings. The van der Waals surface area contributed by atoms with Gasteiger partial charge in [-0.05, 0) is 52.1 Å². The van der Waals surface area contributed by atoms with Crippen molar-refractivity contribution >= 4 is 40.9 Å². The van der Waals surface area contributed by atoms with Gasteiger partial charge in [0.15, 0.2) is 0 Å². The molecule has 0 bridgehead atoms. The topological polar surface area (TPSA) is 23.6 Å². The van der Waals surface area contributed by atoms with Crippen LogP contribution in [-0.4, -0.2) is 54.2 Å². The van der Waals surface area contributed by atoms with Crippen molar-refractivity contribution in [3.05, 3.63) is 28.2 Å². The third kappa shape index (κ3) is 4.54. The van der Waals surface area contributed by atoms with Crippen LogP contribution in [0, 0.1) is 0 Å². The van der Waals surface area contributed by atoms with Crippen LogP contribution >= 0.6 is 35.0 Å². The van der Waals surface area contributed by atoms with Crippen molar-refractivity contribution in [2.24, 2.45) is 0 Å². The molecule has 22 heavy (non-hydrogen) atoms. The van der Waals surface area contributed by atoms with Crippen LogP contribution in [0.25, 0.3) is 0 Å². The van der Waals surface area contributed by atoms with E-state index in [4.69, 9.17) is 23.2 Å². The van der Waals surface area contributed by atoms with Gasteiger partial charge in [0.25, 0.3) is 0 Å². The van der Waals surface area contributed by atoms with E-state index in [-0.39, 0.29) is 11.2 Å². The second-order valence-corrected chi connectivity index (χ2v) is 8.08. The molecular formula is C16H22Cl2N2OS. The van der Waals surface area contributed by atoms with Gasteiger partial charge in [-0.2, -0.15) is 0 Å². The Balaban J connectivity index is 1.94. The molecule has 2 rings (SSSR count). The predicted molar refractivity (Wildman–Crippen MR) is 95.1 cm³/mol. The molecule has 1 heterocycles.